The third-order valence-electron chi connectivity index (χ3n) is 14.4. The molecule has 3 N–H and O–H groups in total. The molecular formula is C65H80Cl2N8O14. The minimum atomic E-state index is -0.514. The summed E-state index contributed by atoms with van der Waals surface area (Å²) in [4.78, 5) is 55.3. The molecule has 89 heavy (non-hydrogen) atoms. The maximum atomic E-state index is 13.4. The van der Waals surface area contributed by atoms with Crippen LogP contribution in [0.3, 0.4) is 0 Å². The van der Waals surface area contributed by atoms with Gasteiger partial charge >= 0.3 is 0 Å². The molecule has 4 aliphatic rings. The van der Waals surface area contributed by atoms with Crippen LogP contribution in [0.15, 0.2) is 158 Å². The van der Waals surface area contributed by atoms with Crippen molar-refractivity contribution in [3.63, 3.8) is 0 Å². The van der Waals surface area contributed by atoms with Crippen molar-refractivity contribution < 1.29 is 57.7 Å². The number of nitrogen functional groups attached to an aromatic ring is 1. The molecule has 4 saturated heterocycles. The SMILES string of the molecule is Cl.ClCCN1CCOCC1.Nc1ccc(OCCN2CCOCC2)cc1.O=C(Cc1ccc(OCCN2CCOCC2)cc1)C(=O)c1c(-c2ccccc2)cc2ccccn12.O=[N+]([O-])c1ccc(O)cc1.O=[N+]([O-])c1ccc(OCCN2CCOCC2)cc1. The van der Waals surface area contributed by atoms with Crippen molar-refractivity contribution in [2.75, 3.05) is 163 Å². The first-order valence-electron chi connectivity index (χ1n) is 29.4. The third kappa shape index (κ3) is 25.0. The first-order valence-corrected chi connectivity index (χ1v) is 30.0. The maximum absolute atomic E-state index is 13.4. The number of hydrogen-bond acceptors (Lipinski definition) is 19. The van der Waals surface area contributed by atoms with Crippen molar-refractivity contribution in [2.45, 2.75) is 6.42 Å². The fourth-order valence-electron chi connectivity index (χ4n) is 9.39. The average molecular weight is 1270 g/mol. The number of aromatic nitrogens is 1. The molecule has 22 nitrogen and oxygen atoms in total. The Bertz CT molecular complexity index is 3160. The molecule has 478 valence electrons. The smallest absolute Gasteiger partial charge is 0.269 e. The van der Waals surface area contributed by atoms with E-state index in [9.17, 15) is 29.8 Å². The van der Waals surface area contributed by atoms with E-state index in [4.69, 9.17) is 55.6 Å². The number of fused-ring (bicyclic) bond motifs is 1. The Morgan fingerprint density at radius 1 is 0.528 bits per heavy atom. The first kappa shape index (κ1) is 70.3. The lowest BCUT2D eigenvalue weighted by molar-refractivity contribution is -0.385. The lowest BCUT2D eigenvalue weighted by Gasteiger charge is -2.26. The molecule has 0 atom stereocenters. The van der Waals surface area contributed by atoms with Crippen LogP contribution in [-0.2, 0) is 30.2 Å². The van der Waals surface area contributed by atoms with Crippen LogP contribution in [0.2, 0.25) is 0 Å². The summed E-state index contributed by atoms with van der Waals surface area (Å²) in [5.74, 6) is 2.14. The Kier molecular flexibility index (Phi) is 31.1. The van der Waals surface area contributed by atoms with Crippen molar-refractivity contribution in [3.8, 4) is 34.1 Å². The van der Waals surface area contributed by atoms with Crippen LogP contribution in [-0.4, -0.2) is 208 Å². The van der Waals surface area contributed by atoms with Gasteiger partial charge in [0, 0.05) is 138 Å². The van der Waals surface area contributed by atoms with Gasteiger partial charge in [-0.3, -0.25) is 49.4 Å². The number of carbonyl (C=O) groups excluding carboxylic acids is 2. The van der Waals surface area contributed by atoms with E-state index in [0.717, 1.165) is 177 Å². The fourth-order valence-corrected chi connectivity index (χ4v) is 9.63. The largest absolute Gasteiger partial charge is 0.508 e. The fraction of sp³-hybridized carbons (Fsp3) is 0.385. The number of ether oxygens (including phenoxy) is 7. The number of nitrogens with zero attached hydrogens (tertiary/aromatic N) is 7. The second kappa shape index (κ2) is 39.3. The first-order chi connectivity index (χ1) is 42.9. The number of morpholine rings is 4. The van der Waals surface area contributed by atoms with E-state index in [0.29, 0.717) is 31.3 Å². The van der Waals surface area contributed by atoms with E-state index in [1.165, 1.54) is 36.4 Å². The Labute approximate surface area is 530 Å². The van der Waals surface area contributed by atoms with Crippen LogP contribution in [0.4, 0.5) is 17.1 Å². The van der Waals surface area contributed by atoms with Gasteiger partial charge in [-0.05, 0) is 90.0 Å². The molecule has 0 saturated carbocycles. The van der Waals surface area contributed by atoms with E-state index >= 15 is 0 Å². The van der Waals surface area contributed by atoms with Crippen molar-refractivity contribution >= 4 is 58.2 Å². The third-order valence-corrected chi connectivity index (χ3v) is 14.5. The number of alkyl halides is 1. The molecule has 6 heterocycles. The molecule has 0 unspecified atom stereocenters. The standard InChI is InChI=1S/C29H28N2O4.C12H16N2O4.C12H18N2O2.C6H12ClNO.C6H5NO3.ClH/c32-27(20-22-9-11-25(12-10-22)35-19-16-30-14-17-34-18-15-30)29(33)28-26(23-6-2-1-3-7-23)21-24-8-4-5-13-31(24)28;15-14(16)11-1-3-12(4-2-11)18-10-7-13-5-8-17-9-6-13;13-11-1-3-12(4-2-11)16-10-7-14-5-8-15-9-6-14;7-1-2-8-3-5-9-6-4-8;8-6-3-1-5(2-4-6)7(9)10;/h1-13,21H,14-20H2;1-4H,5-10H2;1-4H,5-10,13H2;1-6H2;1-4,8H;1H. The monoisotopic (exact) mass is 1270 g/mol. The number of halogens is 2. The van der Waals surface area contributed by atoms with Gasteiger partial charge in [-0.25, -0.2) is 0 Å². The number of hydrogen-bond donors (Lipinski definition) is 2. The lowest BCUT2D eigenvalue weighted by atomic mass is 9.99. The lowest BCUT2D eigenvalue weighted by Crippen LogP contribution is -2.38. The van der Waals surface area contributed by atoms with Crippen molar-refractivity contribution in [1.29, 1.82) is 0 Å². The summed E-state index contributed by atoms with van der Waals surface area (Å²) in [6.07, 6.45) is 1.87. The van der Waals surface area contributed by atoms with Crippen LogP contribution in [0.1, 0.15) is 16.1 Å². The summed E-state index contributed by atoms with van der Waals surface area (Å²) >= 11 is 5.55. The number of nitro benzene ring substituents is 2. The van der Waals surface area contributed by atoms with E-state index in [1.54, 1.807) is 16.5 Å². The number of ketones is 2. The Morgan fingerprint density at radius 2 is 0.921 bits per heavy atom. The number of non-ortho nitro benzene ring substituents is 2. The van der Waals surface area contributed by atoms with Gasteiger partial charge in [0.05, 0.1) is 62.7 Å². The van der Waals surface area contributed by atoms with Gasteiger partial charge in [-0.15, -0.1) is 24.0 Å². The molecule has 5 aromatic carbocycles. The van der Waals surface area contributed by atoms with Crippen LogP contribution >= 0.6 is 24.0 Å². The zero-order valence-electron chi connectivity index (χ0n) is 49.9. The van der Waals surface area contributed by atoms with E-state index < -0.39 is 21.4 Å². The highest BCUT2D eigenvalue weighted by atomic mass is 35.5. The van der Waals surface area contributed by atoms with Crippen molar-refractivity contribution in [2.24, 2.45) is 0 Å². The van der Waals surface area contributed by atoms with Crippen molar-refractivity contribution in [3.05, 3.63) is 189 Å². The van der Waals surface area contributed by atoms with E-state index in [1.807, 2.05) is 109 Å². The predicted molar refractivity (Wildman–Crippen MR) is 345 cm³/mol. The average Bonchev–Trinajstić information content (AvgIpc) is 2.65. The van der Waals surface area contributed by atoms with Crippen LogP contribution in [0.25, 0.3) is 16.6 Å². The Hall–Kier alpha value is -7.74. The number of rotatable bonds is 21. The van der Waals surface area contributed by atoms with Gasteiger partial charge in [0.15, 0.2) is 0 Å². The number of phenolic OH excluding ortho intramolecular Hbond substituents is 1. The van der Waals surface area contributed by atoms with Gasteiger partial charge in [0.25, 0.3) is 11.4 Å². The Balaban J connectivity index is 0.000000196. The highest BCUT2D eigenvalue weighted by Crippen LogP contribution is 2.29. The second-order valence-electron chi connectivity index (χ2n) is 20.5. The molecule has 0 spiro atoms. The summed E-state index contributed by atoms with van der Waals surface area (Å²) in [7, 11) is 0. The minimum absolute atomic E-state index is 0. The number of anilines is 1. The van der Waals surface area contributed by atoms with E-state index in [2.05, 4.69) is 19.6 Å². The molecule has 0 amide bonds. The number of aromatic hydroxyl groups is 1. The number of phenols is 1. The summed E-state index contributed by atoms with van der Waals surface area (Å²) in [6.45, 7) is 19.9. The van der Waals surface area contributed by atoms with Gasteiger partial charge < -0.3 is 48.4 Å². The molecule has 0 bridgehead atoms. The summed E-state index contributed by atoms with van der Waals surface area (Å²) in [6, 6.07) is 43.5. The number of carbonyl (C=O) groups is 2. The molecule has 7 aromatic rings. The quantitative estimate of drug-likeness (QED) is 0.0170. The molecule has 4 aliphatic heterocycles. The zero-order valence-corrected chi connectivity index (χ0v) is 51.5. The number of Topliss-reactive ketones (excluding diaryl/α,β-unsaturated/α-hetero) is 2. The number of nitrogens with two attached hydrogens (primary N) is 1. The maximum Gasteiger partial charge on any atom is 0.269 e. The summed E-state index contributed by atoms with van der Waals surface area (Å²) in [5, 5.41) is 29.2. The molecule has 24 heteroatoms. The molecule has 2 aromatic heterocycles. The van der Waals surface area contributed by atoms with Crippen molar-refractivity contribution in [1.82, 2.24) is 24.0 Å². The summed E-state index contributed by atoms with van der Waals surface area (Å²) < 4.78 is 39.9. The second-order valence-corrected chi connectivity index (χ2v) is 20.9. The molecule has 0 aliphatic carbocycles. The predicted octanol–water partition coefficient (Wildman–Crippen LogP) is 8.88. The summed E-state index contributed by atoms with van der Waals surface area (Å²) in [5.41, 5.74) is 10.2. The van der Waals surface area contributed by atoms with Crippen LogP contribution < -0.4 is 19.9 Å². The van der Waals surface area contributed by atoms with Gasteiger partial charge in [0.2, 0.25) is 11.6 Å². The topological polar surface area (TPSA) is 249 Å². The number of pyridine rings is 1. The van der Waals surface area contributed by atoms with Crippen LogP contribution in [0.5, 0.6) is 23.0 Å². The molecule has 11 rings (SSSR count). The van der Waals surface area contributed by atoms with Gasteiger partial charge in [0.1, 0.15) is 48.5 Å². The normalized spacial score (nSPS) is 15.3. The highest BCUT2D eigenvalue weighted by Gasteiger charge is 2.25. The Morgan fingerprint density at radius 3 is 1.35 bits per heavy atom. The van der Waals surface area contributed by atoms with Gasteiger partial charge in [-0.2, -0.15) is 0 Å². The minimum Gasteiger partial charge on any atom is -0.508 e. The molecule has 4 fully saturated rings. The molecule has 0 radical (unpaired) electrons. The zero-order chi connectivity index (χ0) is 62.1. The van der Waals surface area contributed by atoms with Gasteiger partial charge in [-0.1, -0.05) is 48.5 Å². The number of nitro groups is 2. The highest BCUT2D eigenvalue weighted by molar-refractivity contribution is 6.45. The van der Waals surface area contributed by atoms with E-state index in [-0.39, 0.29) is 36.0 Å². The number of benzene rings is 5. The molecular weight excluding hydrogens is 1190 g/mol. The van der Waals surface area contributed by atoms with Crippen LogP contribution in [0, 0.1) is 20.2 Å².